The summed E-state index contributed by atoms with van der Waals surface area (Å²) in [4.78, 5) is 5.41. The van der Waals surface area contributed by atoms with Crippen LogP contribution in [-0.2, 0) is 12.8 Å². The summed E-state index contributed by atoms with van der Waals surface area (Å²) < 4.78 is 0. The number of rotatable bonds is 6. The van der Waals surface area contributed by atoms with E-state index in [1.165, 1.54) is 4.88 Å². The van der Waals surface area contributed by atoms with Gasteiger partial charge in [0, 0.05) is 23.3 Å². The highest BCUT2D eigenvalue weighted by Gasteiger charge is 2.07. The van der Waals surface area contributed by atoms with Crippen LogP contribution >= 0.6 is 22.9 Å². The van der Waals surface area contributed by atoms with Crippen LogP contribution in [0.1, 0.15) is 23.3 Å². The second-order valence-electron chi connectivity index (χ2n) is 4.40. The number of halogens is 1. The van der Waals surface area contributed by atoms with Crippen LogP contribution in [0.15, 0.2) is 36.0 Å². The molecule has 0 aliphatic rings. The molecule has 0 amide bonds. The molecule has 2 nitrogen and oxygen atoms in total. The lowest BCUT2D eigenvalue weighted by Gasteiger charge is -2.12. The van der Waals surface area contributed by atoms with Crippen LogP contribution < -0.4 is 5.73 Å². The van der Waals surface area contributed by atoms with E-state index in [0.717, 1.165) is 31.2 Å². The third-order valence-corrected chi connectivity index (χ3v) is 4.19. The second-order valence-corrected chi connectivity index (χ2v) is 5.84. The Hall–Kier alpha value is -0.900. The molecule has 2 aromatic heterocycles. The Kier molecular flexibility index (Phi) is 5.17. The number of hydrogen-bond acceptors (Lipinski definition) is 3. The highest BCUT2D eigenvalue weighted by atomic mass is 35.5. The normalized spacial score (nSPS) is 12.6. The minimum absolute atomic E-state index is 0.171. The molecule has 0 radical (unpaired) electrons. The molecule has 0 aliphatic carbocycles. The molecule has 0 aromatic carbocycles. The number of hydrogen-bond donors (Lipinski definition) is 1. The summed E-state index contributed by atoms with van der Waals surface area (Å²) in [6, 6.07) is 6.39. The van der Waals surface area contributed by atoms with Gasteiger partial charge >= 0.3 is 0 Å². The minimum atomic E-state index is 0.171. The van der Waals surface area contributed by atoms with Crippen LogP contribution in [0, 0.1) is 0 Å². The molecule has 0 aliphatic heterocycles. The average Bonchev–Trinajstić information content (AvgIpc) is 2.85. The monoisotopic (exact) mass is 280 g/mol. The van der Waals surface area contributed by atoms with Crippen molar-refractivity contribution < 1.29 is 0 Å². The first kappa shape index (κ1) is 13.5. The predicted molar refractivity (Wildman–Crippen MR) is 78.2 cm³/mol. The van der Waals surface area contributed by atoms with Crippen LogP contribution in [0.5, 0.6) is 0 Å². The molecule has 2 N–H and O–H groups in total. The number of nitrogens with two attached hydrogens (primary N) is 1. The fourth-order valence-electron chi connectivity index (χ4n) is 1.95. The van der Waals surface area contributed by atoms with Gasteiger partial charge in [0.15, 0.2) is 0 Å². The van der Waals surface area contributed by atoms with Crippen molar-refractivity contribution in [3.05, 3.63) is 51.4 Å². The van der Waals surface area contributed by atoms with Crippen molar-refractivity contribution in [1.29, 1.82) is 0 Å². The predicted octanol–water partition coefficient (Wildman–Crippen LogP) is 3.69. The van der Waals surface area contributed by atoms with E-state index in [1.807, 2.05) is 17.4 Å². The molecule has 1 atom stereocenters. The smallest absolute Gasteiger partial charge is 0.0621 e. The average molecular weight is 281 g/mol. The Balaban J connectivity index is 1.75. The van der Waals surface area contributed by atoms with Crippen LogP contribution in [-0.4, -0.2) is 11.0 Å². The van der Waals surface area contributed by atoms with Gasteiger partial charge in [-0.3, -0.25) is 4.98 Å². The molecule has 18 heavy (non-hydrogen) atoms. The highest BCUT2D eigenvalue weighted by Crippen LogP contribution is 2.17. The topological polar surface area (TPSA) is 38.9 Å². The zero-order valence-corrected chi connectivity index (χ0v) is 11.8. The lowest BCUT2D eigenvalue weighted by atomic mass is 10.0. The molecule has 2 rings (SSSR count). The Morgan fingerprint density at radius 1 is 1.39 bits per heavy atom. The van der Waals surface area contributed by atoms with Gasteiger partial charge in [0.2, 0.25) is 0 Å². The Bertz CT molecular complexity index is 470. The maximum absolute atomic E-state index is 6.14. The van der Waals surface area contributed by atoms with Crippen LogP contribution in [0.4, 0.5) is 0 Å². The number of aryl methyl sites for hydroxylation is 1. The fraction of sp³-hybridized carbons (Fsp3) is 0.357. The van der Waals surface area contributed by atoms with Gasteiger partial charge in [-0.05, 0) is 48.8 Å². The SMILES string of the molecule is NC(CCCc1cccs1)Cc1ccncc1Cl. The van der Waals surface area contributed by atoms with E-state index in [0.29, 0.717) is 5.02 Å². The van der Waals surface area contributed by atoms with E-state index >= 15 is 0 Å². The van der Waals surface area contributed by atoms with Crippen LogP contribution in [0.25, 0.3) is 0 Å². The van der Waals surface area contributed by atoms with E-state index < -0.39 is 0 Å². The van der Waals surface area contributed by atoms with Crippen molar-refractivity contribution in [3.8, 4) is 0 Å². The fourth-order valence-corrected chi connectivity index (χ4v) is 2.90. The van der Waals surface area contributed by atoms with Gasteiger partial charge < -0.3 is 5.73 Å². The summed E-state index contributed by atoms with van der Waals surface area (Å²) in [7, 11) is 0. The first-order valence-electron chi connectivity index (χ1n) is 6.12. The second kappa shape index (κ2) is 6.88. The van der Waals surface area contributed by atoms with Crippen molar-refractivity contribution in [1.82, 2.24) is 4.98 Å². The zero-order chi connectivity index (χ0) is 12.8. The van der Waals surface area contributed by atoms with Crippen molar-refractivity contribution in [3.63, 3.8) is 0 Å². The van der Waals surface area contributed by atoms with Gasteiger partial charge in [0.05, 0.1) is 5.02 Å². The standard InChI is InChI=1S/C14H17ClN2S/c15-14-10-17-7-6-11(14)9-12(16)3-1-4-13-5-2-8-18-13/h2,5-8,10,12H,1,3-4,9,16H2. The number of aromatic nitrogens is 1. The van der Waals surface area contributed by atoms with E-state index in [-0.39, 0.29) is 6.04 Å². The van der Waals surface area contributed by atoms with E-state index in [1.54, 1.807) is 12.4 Å². The third kappa shape index (κ3) is 4.09. The molecular weight excluding hydrogens is 264 g/mol. The van der Waals surface area contributed by atoms with Crippen LogP contribution in [0.2, 0.25) is 5.02 Å². The molecular formula is C14H17ClN2S. The molecule has 0 saturated heterocycles. The first-order chi connectivity index (χ1) is 8.75. The summed E-state index contributed by atoms with van der Waals surface area (Å²) in [6.07, 6.45) is 7.54. The van der Waals surface area contributed by atoms with Gasteiger partial charge in [-0.1, -0.05) is 17.7 Å². The van der Waals surface area contributed by atoms with E-state index in [9.17, 15) is 0 Å². The maximum Gasteiger partial charge on any atom is 0.0621 e. The van der Waals surface area contributed by atoms with Gasteiger partial charge in [-0.2, -0.15) is 0 Å². The zero-order valence-electron chi connectivity index (χ0n) is 10.2. The Labute approximate surface area is 117 Å². The molecule has 0 fully saturated rings. The first-order valence-corrected chi connectivity index (χ1v) is 7.38. The summed E-state index contributed by atoms with van der Waals surface area (Å²) in [5, 5.41) is 2.83. The lowest BCUT2D eigenvalue weighted by molar-refractivity contribution is 0.581. The van der Waals surface area contributed by atoms with Crippen molar-refractivity contribution in [2.45, 2.75) is 31.7 Å². The summed E-state index contributed by atoms with van der Waals surface area (Å²) in [6.45, 7) is 0. The highest BCUT2D eigenvalue weighted by molar-refractivity contribution is 7.09. The van der Waals surface area contributed by atoms with Gasteiger partial charge in [0.25, 0.3) is 0 Å². The molecule has 0 spiro atoms. The van der Waals surface area contributed by atoms with E-state index in [2.05, 4.69) is 22.5 Å². The molecule has 96 valence electrons. The quantitative estimate of drug-likeness (QED) is 0.876. The summed E-state index contributed by atoms with van der Waals surface area (Å²) in [5.74, 6) is 0. The molecule has 2 heterocycles. The Morgan fingerprint density at radius 3 is 3.00 bits per heavy atom. The summed E-state index contributed by atoms with van der Waals surface area (Å²) in [5.41, 5.74) is 7.23. The maximum atomic E-state index is 6.14. The number of nitrogens with zero attached hydrogens (tertiary/aromatic N) is 1. The van der Waals surface area contributed by atoms with Crippen molar-refractivity contribution >= 4 is 22.9 Å². The lowest BCUT2D eigenvalue weighted by Crippen LogP contribution is -2.23. The van der Waals surface area contributed by atoms with Crippen molar-refractivity contribution in [2.75, 3.05) is 0 Å². The molecule has 2 aromatic rings. The molecule has 0 saturated carbocycles. The largest absolute Gasteiger partial charge is 0.327 e. The Morgan fingerprint density at radius 2 is 2.28 bits per heavy atom. The molecule has 4 heteroatoms. The van der Waals surface area contributed by atoms with Crippen LogP contribution in [0.3, 0.4) is 0 Å². The van der Waals surface area contributed by atoms with Gasteiger partial charge in [0.1, 0.15) is 0 Å². The number of thiophene rings is 1. The molecule has 0 bridgehead atoms. The summed E-state index contributed by atoms with van der Waals surface area (Å²) >= 11 is 7.88. The third-order valence-electron chi connectivity index (χ3n) is 2.92. The van der Waals surface area contributed by atoms with Gasteiger partial charge in [-0.15, -0.1) is 11.3 Å². The van der Waals surface area contributed by atoms with Gasteiger partial charge in [-0.25, -0.2) is 0 Å². The van der Waals surface area contributed by atoms with Crippen molar-refractivity contribution in [2.24, 2.45) is 5.73 Å². The molecule has 1 unspecified atom stereocenters. The van der Waals surface area contributed by atoms with E-state index in [4.69, 9.17) is 17.3 Å². The minimum Gasteiger partial charge on any atom is -0.327 e. The number of pyridine rings is 1.